The van der Waals surface area contributed by atoms with Crippen LogP contribution >= 0.6 is 34.5 Å². The number of carbonyl (C=O) groups excluding carboxylic acids is 1. The second-order valence-electron chi connectivity index (χ2n) is 3.76. The molecule has 0 spiro atoms. The number of ketones is 1. The molecular weight excluding hydrogens is 251 g/mol. The molecule has 0 aliphatic rings. The molecule has 0 bridgehead atoms. The van der Waals surface area contributed by atoms with Gasteiger partial charge in [-0.3, -0.25) is 4.79 Å². The fourth-order valence-electron chi connectivity index (χ4n) is 1.55. The van der Waals surface area contributed by atoms with Crippen molar-refractivity contribution in [1.29, 1.82) is 0 Å². The van der Waals surface area contributed by atoms with Crippen molar-refractivity contribution in [1.82, 2.24) is 0 Å². The predicted octanol–water partition coefficient (Wildman–Crippen LogP) is 5.06. The van der Waals surface area contributed by atoms with E-state index in [0.29, 0.717) is 26.6 Å². The van der Waals surface area contributed by atoms with Gasteiger partial charge in [-0.2, -0.15) is 0 Å². The van der Waals surface area contributed by atoms with Gasteiger partial charge in [0.05, 0.1) is 4.34 Å². The van der Waals surface area contributed by atoms with Crippen molar-refractivity contribution in [3.05, 3.63) is 20.3 Å². The molecule has 0 N–H and O–H groups in total. The van der Waals surface area contributed by atoms with E-state index < -0.39 is 0 Å². The third kappa shape index (κ3) is 3.78. The minimum Gasteiger partial charge on any atom is -0.294 e. The average Bonchev–Trinajstić information content (AvgIpc) is 2.45. The Morgan fingerprint density at radius 1 is 1.53 bits per heavy atom. The molecule has 1 unspecified atom stereocenters. The first-order valence-corrected chi connectivity index (χ1v) is 6.59. The van der Waals surface area contributed by atoms with Gasteiger partial charge in [0.15, 0.2) is 5.78 Å². The summed E-state index contributed by atoms with van der Waals surface area (Å²) in [4.78, 5) is 11.8. The average molecular weight is 265 g/mol. The highest BCUT2D eigenvalue weighted by atomic mass is 35.5. The van der Waals surface area contributed by atoms with Gasteiger partial charge < -0.3 is 0 Å². The van der Waals surface area contributed by atoms with Gasteiger partial charge in [-0.05, 0) is 12.0 Å². The van der Waals surface area contributed by atoms with Crippen molar-refractivity contribution in [3.63, 3.8) is 0 Å². The van der Waals surface area contributed by atoms with Gasteiger partial charge in [-0.1, -0.05) is 49.9 Å². The first-order valence-electron chi connectivity index (χ1n) is 5.02. The Morgan fingerprint density at radius 3 is 2.67 bits per heavy atom. The molecule has 0 fully saturated rings. The fourth-order valence-corrected chi connectivity index (χ4v) is 3.05. The van der Waals surface area contributed by atoms with Crippen molar-refractivity contribution in [2.75, 3.05) is 0 Å². The Morgan fingerprint density at radius 2 is 2.20 bits per heavy atom. The minimum absolute atomic E-state index is 0.101. The summed E-state index contributed by atoms with van der Waals surface area (Å²) < 4.78 is 1.08. The molecule has 0 saturated heterocycles. The molecule has 4 heteroatoms. The molecule has 0 aliphatic carbocycles. The van der Waals surface area contributed by atoms with Crippen LogP contribution in [0.25, 0.3) is 0 Å². The maximum absolute atomic E-state index is 11.8. The lowest BCUT2D eigenvalue weighted by atomic mass is 9.97. The summed E-state index contributed by atoms with van der Waals surface area (Å²) in [6.45, 7) is 4.21. The van der Waals surface area contributed by atoms with Gasteiger partial charge in [-0.25, -0.2) is 0 Å². The number of hydrogen-bond donors (Lipinski definition) is 0. The molecule has 1 heterocycles. The Bertz CT molecular complexity index is 346. The highest BCUT2D eigenvalue weighted by Gasteiger charge is 2.16. The van der Waals surface area contributed by atoms with E-state index in [0.717, 1.165) is 12.8 Å². The van der Waals surface area contributed by atoms with E-state index >= 15 is 0 Å². The highest BCUT2D eigenvalue weighted by Crippen LogP contribution is 2.32. The molecule has 0 radical (unpaired) electrons. The molecule has 0 saturated carbocycles. The van der Waals surface area contributed by atoms with Crippen LogP contribution < -0.4 is 0 Å². The van der Waals surface area contributed by atoms with Crippen LogP contribution in [0.3, 0.4) is 0 Å². The lowest BCUT2D eigenvalue weighted by Gasteiger charge is -2.07. The highest BCUT2D eigenvalue weighted by molar-refractivity contribution is 7.20. The topological polar surface area (TPSA) is 17.1 Å². The molecule has 1 aromatic rings. The van der Waals surface area contributed by atoms with Crippen molar-refractivity contribution >= 4 is 40.3 Å². The van der Waals surface area contributed by atoms with Crippen LogP contribution in [0, 0.1) is 5.92 Å². The van der Waals surface area contributed by atoms with Crippen LogP contribution in [-0.4, -0.2) is 5.78 Å². The van der Waals surface area contributed by atoms with Crippen LogP contribution in [0.2, 0.25) is 8.67 Å². The molecule has 0 aromatic carbocycles. The van der Waals surface area contributed by atoms with Crippen molar-refractivity contribution in [2.45, 2.75) is 33.1 Å². The Kier molecular flexibility index (Phi) is 5.10. The predicted molar refractivity (Wildman–Crippen MR) is 67.4 cm³/mol. The molecular formula is C11H14Cl2OS. The van der Waals surface area contributed by atoms with Crippen LogP contribution in [0.15, 0.2) is 6.07 Å². The van der Waals surface area contributed by atoms with E-state index in [1.807, 2.05) is 0 Å². The molecule has 84 valence electrons. The maximum atomic E-state index is 11.8. The number of rotatable bonds is 5. The molecule has 0 aliphatic heterocycles. The molecule has 0 amide bonds. The maximum Gasteiger partial charge on any atom is 0.165 e. The number of thiophene rings is 1. The van der Waals surface area contributed by atoms with E-state index in [-0.39, 0.29) is 5.78 Å². The molecule has 15 heavy (non-hydrogen) atoms. The third-order valence-electron chi connectivity index (χ3n) is 2.27. The number of carbonyl (C=O) groups is 1. The van der Waals surface area contributed by atoms with E-state index in [9.17, 15) is 4.79 Å². The first kappa shape index (κ1) is 13.0. The van der Waals surface area contributed by atoms with E-state index in [1.54, 1.807) is 6.07 Å². The second kappa shape index (κ2) is 5.88. The first-order chi connectivity index (χ1) is 7.04. The van der Waals surface area contributed by atoms with Gasteiger partial charge in [0.2, 0.25) is 0 Å². The number of Topliss-reactive ketones (excluding diaryl/α,β-unsaturated/α-hetero) is 1. The normalized spacial score (nSPS) is 12.8. The number of hydrogen-bond acceptors (Lipinski definition) is 2. The SMILES string of the molecule is CCCC(C)CC(=O)c1cc(Cl)sc1Cl. The fraction of sp³-hybridized carbons (Fsp3) is 0.545. The monoisotopic (exact) mass is 264 g/mol. The second-order valence-corrected chi connectivity index (χ2v) is 6.04. The summed E-state index contributed by atoms with van der Waals surface area (Å²) in [6.07, 6.45) is 2.73. The molecule has 1 atom stereocenters. The Labute approximate surface area is 104 Å². The van der Waals surface area contributed by atoms with Crippen LogP contribution in [0.5, 0.6) is 0 Å². The summed E-state index contributed by atoms with van der Waals surface area (Å²) in [5.41, 5.74) is 0.578. The van der Waals surface area contributed by atoms with Gasteiger partial charge >= 0.3 is 0 Å². The largest absolute Gasteiger partial charge is 0.294 e. The smallest absolute Gasteiger partial charge is 0.165 e. The lowest BCUT2D eigenvalue weighted by molar-refractivity contribution is 0.0963. The van der Waals surface area contributed by atoms with Gasteiger partial charge in [0.25, 0.3) is 0 Å². The van der Waals surface area contributed by atoms with E-state index in [2.05, 4.69) is 13.8 Å². The van der Waals surface area contributed by atoms with Gasteiger partial charge in [-0.15, -0.1) is 11.3 Å². The summed E-state index contributed by atoms with van der Waals surface area (Å²) in [5.74, 6) is 0.515. The van der Waals surface area contributed by atoms with Crippen molar-refractivity contribution in [2.24, 2.45) is 5.92 Å². The zero-order valence-corrected chi connectivity index (χ0v) is 11.2. The molecule has 1 nitrogen and oxygen atoms in total. The van der Waals surface area contributed by atoms with E-state index in [4.69, 9.17) is 23.2 Å². The minimum atomic E-state index is 0.101. The Balaban J connectivity index is 2.65. The summed E-state index contributed by atoms with van der Waals surface area (Å²) in [6, 6.07) is 1.66. The van der Waals surface area contributed by atoms with Crippen molar-refractivity contribution in [3.8, 4) is 0 Å². The quantitative estimate of drug-likeness (QED) is 0.680. The number of halogens is 2. The summed E-state index contributed by atoms with van der Waals surface area (Å²) in [5, 5.41) is 0. The zero-order valence-electron chi connectivity index (χ0n) is 8.85. The third-order valence-corrected chi connectivity index (χ3v) is 3.76. The summed E-state index contributed by atoms with van der Waals surface area (Å²) >= 11 is 13.0. The van der Waals surface area contributed by atoms with E-state index in [1.165, 1.54) is 11.3 Å². The van der Waals surface area contributed by atoms with Crippen LogP contribution in [0.1, 0.15) is 43.5 Å². The summed E-state index contributed by atoms with van der Waals surface area (Å²) in [7, 11) is 0. The van der Waals surface area contributed by atoms with Gasteiger partial charge in [0.1, 0.15) is 4.34 Å². The lowest BCUT2D eigenvalue weighted by Crippen LogP contribution is -2.05. The van der Waals surface area contributed by atoms with Crippen LogP contribution in [0.4, 0.5) is 0 Å². The van der Waals surface area contributed by atoms with Crippen LogP contribution in [-0.2, 0) is 0 Å². The standard InChI is InChI=1S/C11H14Cl2OS/c1-3-4-7(2)5-9(14)8-6-10(12)15-11(8)13/h6-7H,3-5H2,1-2H3. The Hall–Kier alpha value is -0.0500. The molecule has 1 aromatic heterocycles. The molecule has 1 rings (SSSR count). The van der Waals surface area contributed by atoms with Crippen molar-refractivity contribution < 1.29 is 4.79 Å². The van der Waals surface area contributed by atoms with Gasteiger partial charge in [0, 0.05) is 12.0 Å². The zero-order chi connectivity index (χ0) is 11.4.